The molecule has 0 radical (unpaired) electrons. The molecule has 9 heteroatoms. The Kier molecular flexibility index (Phi) is 4.66. The van der Waals surface area contributed by atoms with E-state index in [4.69, 9.17) is 37.0 Å². The van der Waals surface area contributed by atoms with Gasteiger partial charge in [-0.25, -0.2) is 15.0 Å². The van der Waals surface area contributed by atoms with E-state index >= 15 is 0 Å². The Hall–Kier alpha value is -2.26. The number of H-pyrrole nitrogens is 1. The van der Waals surface area contributed by atoms with Gasteiger partial charge in [0.15, 0.2) is 5.65 Å². The number of rotatable bonds is 3. The molecule has 2 bridgehead atoms. The number of hydrogen-bond donors (Lipinski definition) is 2. The first-order chi connectivity index (χ1) is 16.2. The quantitative estimate of drug-likeness (QED) is 0.435. The summed E-state index contributed by atoms with van der Waals surface area (Å²) in [6, 6.07) is 5.36. The number of nitrogens with one attached hydrogen (secondary N) is 1. The first kappa shape index (κ1) is 20.1. The summed E-state index contributed by atoms with van der Waals surface area (Å²) in [7, 11) is 0. The van der Waals surface area contributed by atoms with Crippen LogP contribution in [0, 0.1) is 0 Å². The summed E-state index contributed by atoms with van der Waals surface area (Å²) >= 11 is 8.60. The van der Waals surface area contributed by atoms with Crippen LogP contribution in [0.3, 0.4) is 0 Å². The van der Waals surface area contributed by atoms with Gasteiger partial charge in [0.2, 0.25) is 0 Å². The maximum absolute atomic E-state index is 6.92. The van der Waals surface area contributed by atoms with Crippen molar-refractivity contribution >= 4 is 50.1 Å². The van der Waals surface area contributed by atoms with Crippen molar-refractivity contribution in [2.45, 2.75) is 56.1 Å². The van der Waals surface area contributed by atoms with Gasteiger partial charge in [0.1, 0.15) is 11.3 Å². The molecule has 7 rings (SSSR count). The van der Waals surface area contributed by atoms with Gasteiger partial charge in [-0.1, -0.05) is 17.7 Å². The second-order valence-electron chi connectivity index (χ2n) is 9.54. The highest BCUT2D eigenvalue weighted by Crippen LogP contribution is 2.42. The van der Waals surface area contributed by atoms with Crippen molar-refractivity contribution in [3.8, 4) is 11.1 Å². The summed E-state index contributed by atoms with van der Waals surface area (Å²) in [6.07, 6.45) is 9.35. The molecule has 0 aliphatic carbocycles. The molecule has 3 N–H and O–H groups in total. The van der Waals surface area contributed by atoms with Gasteiger partial charge in [-0.3, -0.25) is 0 Å². The Bertz CT molecular complexity index is 1350. The topological polar surface area (TPSA) is 93.0 Å². The highest BCUT2D eigenvalue weighted by molar-refractivity contribution is 7.19. The zero-order valence-corrected chi connectivity index (χ0v) is 19.7. The van der Waals surface area contributed by atoms with E-state index in [-0.39, 0.29) is 0 Å². The van der Waals surface area contributed by atoms with E-state index in [0.29, 0.717) is 24.0 Å². The van der Waals surface area contributed by atoms with Crippen LogP contribution >= 0.6 is 22.9 Å². The summed E-state index contributed by atoms with van der Waals surface area (Å²) < 4.78 is 6.57. The summed E-state index contributed by atoms with van der Waals surface area (Å²) in [5.41, 5.74) is 10.8. The average molecular weight is 481 g/mol. The van der Waals surface area contributed by atoms with E-state index in [1.165, 1.54) is 12.8 Å². The Labute approximate surface area is 200 Å². The summed E-state index contributed by atoms with van der Waals surface area (Å²) in [5.74, 6) is 1.32. The SMILES string of the molecule is NC1CC2CCC(C1)N2c1cnc2c(-c3ccc4nc(C5CCOC5)sc4c3Cl)c[nH]c2n1. The van der Waals surface area contributed by atoms with Crippen molar-refractivity contribution in [1.82, 2.24) is 19.9 Å². The van der Waals surface area contributed by atoms with Gasteiger partial charge in [0.05, 0.1) is 33.1 Å². The molecule has 7 nitrogen and oxygen atoms in total. The van der Waals surface area contributed by atoms with Gasteiger partial charge in [-0.05, 0) is 38.2 Å². The van der Waals surface area contributed by atoms with E-state index < -0.39 is 0 Å². The summed E-state index contributed by atoms with van der Waals surface area (Å²) in [4.78, 5) is 20.4. The van der Waals surface area contributed by atoms with Gasteiger partial charge in [0.25, 0.3) is 0 Å². The molecule has 0 amide bonds. The van der Waals surface area contributed by atoms with Crippen LogP contribution in [0.2, 0.25) is 5.02 Å². The van der Waals surface area contributed by atoms with Gasteiger partial charge in [-0.2, -0.15) is 0 Å². The monoisotopic (exact) mass is 480 g/mol. The minimum absolute atomic E-state index is 0.304. The van der Waals surface area contributed by atoms with Crippen molar-refractivity contribution in [3.05, 3.63) is 34.6 Å². The molecule has 1 aromatic carbocycles. The molecule has 3 aliphatic rings. The molecule has 0 saturated carbocycles. The maximum atomic E-state index is 6.92. The molecule has 3 aliphatic heterocycles. The van der Waals surface area contributed by atoms with Crippen molar-refractivity contribution in [2.75, 3.05) is 18.1 Å². The lowest BCUT2D eigenvalue weighted by Gasteiger charge is -2.38. The number of aromatic amines is 1. The third-order valence-electron chi connectivity index (χ3n) is 7.48. The molecule has 3 fully saturated rings. The van der Waals surface area contributed by atoms with Crippen LogP contribution in [-0.2, 0) is 4.74 Å². The first-order valence-corrected chi connectivity index (χ1v) is 12.9. The van der Waals surface area contributed by atoms with Crippen LogP contribution in [0.25, 0.3) is 32.5 Å². The molecule has 0 spiro atoms. The Balaban J connectivity index is 1.26. The van der Waals surface area contributed by atoms with E-state index in [1.807, 2.05) is 18.5 Å². The minimum Gasteiger partial charge on any atom is -0.381 e. The number of piperidine rings is 1. The molecule has 170 valence electrons. The van der Waals surface area contributed by atoms with Crippen molar-refractivity contribution in [2.24, 2.45) is 5.73 Å². The number of halogens is 1. The Morgan fingerprint density at radius 2 is 1.97 bits per heavy atom. The van der Waals surface area contributed by atoms with E-state index in [1.54, 1.807) is 11.3 Å². The molecule has 3 saturated heterocycles. The molecule has 3 aromatic heterocycles. The van der Waals surface area contributed by atoms with Crippen molar-refractivity contribution in [3.63, 3.8) is 0 Å². The third kappa shape index (κ3) is 3.19. The minimum atomic E-state index is 0.304. The smallest absolute Gasteiger partial charge is 0.159 e. The van der Waals surface area contributed by atoms with Gasteiger partial charge in [-0.15, -0.1) is 11.3 Å². The number of ether oxygens (including phenoxy) is 1. The zero-order chi connectivity index (χ0) is 22.1. The molecular weight excluding hydrogens is 456 g/mol. The first-order valence-electron chi connectivity index (χ1n) is 11.7. The second kappa shape index (κ2) is 7.63. The van der Waals surface area contributed by atoms with Crippen molar-refractivity contribution < 1.29 is 4.74 Å². The third-order valence-corrected chi connectivity index (χ3v) is 9.24. The number of thiazole rings is 1. The van der Waals surface area contributed by atoms with E-state index in [9.17, 15) is 0 Å². The van der Waals surface area contributed by atoms with Crippen LogP contribution in [0.1, 0.15) is 43.0 Å². The number of anilines is 1. The van der Waals surface area contributed by atoms with Crippen molar-refractivity contribution in [1.29, 1.82) is 0 Å². The fourth-order valence-corrected chi connectivity index (χ4v) is 7.40. The fraction of sp³-hybridized carbons (Fsp3) is 0.458. The highest BCUT2D eigenvalue weighted by Gasteiger charge is 2.40. The second-order valence-corrected chi connectivity index (χ2v) is 10.9. The molecule has 6 heterocycles. The number of nitrogens with zero attached hydrogens (tertiary/aromatic N) is 4. The number of benzene rings is 1. The zero-order valence-electron chi connectivity index (χ0n) is 18.1. The van der Waals surface area contributed by atoms with Crippen LogP contribution in [0.15, 0.2) is 24.5 Å². The Morgan fingerprint density at radius 1 is 1.12 bits per heavy atom. The van der Waals surface area contributed by atoms with E-state index in [2.05, 4.69) is 16.0 Å². The van der Waals surface area contributed by atoms with Crippen LogP contribution in [0.5, 0.6) is 0 Å². The maximum Gasteiger partial charge on any atom is 0.159 e. The molecule has 33 heavy (non-hydrogen) atoms. The number of nitrogens with two attached hydrogens (primary N) is 1. The lowest BCUT2D eigenvalue weighted by molar-refractivity contribution is 0.194. The lowest BCUT2D eigenvalue weighted by Crippen LogP contribution is -2.47. The number of fused-ring (bicyclic) bond motifs is 4. The molecule has 4 aromatic rings. The van der Waals surface area contributed by atoms with Gasteiger partial charge >= 0.3 is 0 Å². The number of hydrogen-bond acceptors (Lipinski definition) is 7. The molecule has 3 unspecified atom stereocenters. The predicted octanol–water partition coefficient (Wildman–Crippen LogP) is 4.85. The highest BCUT2D eigenvalue weighted by atomic mass is 35.5. The molecular formula is C24H25ClN6OS. The largest absolute Gasteiger partial charge is 0.381 e. The summed E-state index contributed by atoms with van der Waals surface area (Å²) in [5, 5.41) is 1.84. The summed E-state index contributed by atoms with van der Waals surface area (Å²) in [6.45, 7) is 1.55. The standard InChI is InChI=1S/C24H25ClN6OS/c25-20-16(3-4-18-22(20)33-24(29-18)12-5-6-32-11-12)17-9-28-23-21(17)27-10-19(30-23)31-14-1-2-15(31)8-13(26)7-14/h3-4,9-10,12-15H,1-2,5-8,11,26H2,(H,28,30). The van der Waals surface area contributed by atoms with Crippen LogP contribution < -0.4 is 10.6 Å². The van der Waals surface area contributed by atoms with Gasteiger partial charge in [0, 0.05) is 48.0 Å². The lowest BCUT2D eigenvalue weighted by atomic mass is 9.98. The normalized spacial score (nSPS) is 27.3. The van der Waals surface area contributed by atoms with Crippen LogP contribution in [-0.4, -0.2) is 51.3 Å². The van der Waals surface area contributed by atoms with Gasteiger partial charge < -0.3 is 20.4 Å². The predicted molar refractivity (Wildman–Crippen MR) is 132 cm³/mol. The van der Waals surface area contributed by atoms with Crippen LogP contribution in [0.4, 0.5) is 5.82 Å². The fourth-order valence-electron chi connectivity index (χ4n) is 5.90. The Morgan fingerprint density at radius 3 is 2.76 bits per heavy atom. The average Bonchev–Trinajstić information content (AvgIpc) is 3.59. The molecule has 3 atom stereocenters. The number of aromatic nitrogens is 4. The van der Waals surface area contributed by atoms with E-state index in [0.717, 1.165) is 80.8 Å².